The van der Waals surface area contributed by atoms with Crippen molar-refractivity contribution in [1.82, 2.24) is 0 Å². The zero-order chi connectivity index (χ0) is 19.9. The molecule has 0 aromatic heterocycles. The molecule has 2 aromatic rings. The number of carbonyl (C=O) groups excluding carboxylic acids is 1. The molecule has 0 fully saturated rings. The monoisotopic (exact) mass is 425 g/mol. The Balaban J connectivity index is 2.15. The van der Waals surface area contributed by atoms with Crippen molar-refractivity contribution in [2.45, 2.75) is 22.5 Å². The molecule has 2 rings (SSSR count). The van der Waals surface area contributed by atoms with Crippen LogP contribution in [0.1, 0.15) is 11.1 Å². The molecule has 0 spiro atoms. The van der Waals surface area contributed by atoms with Gasteiger partial charge in [0.1, 0.15) is 5.75 Å². The number of thioether (sulfide) groups is 2. The third-order valence-corrected chi connectivity index (χ3v) is 5.96. The number of nitrogens with zero attached hydrogens (tertiary/aromatic N) is 1. The van der Waals surface area contributed by atoms with Gasteiger partial charge in [0.05, 0.1) is 7.11 Å². The van der Waals surface area contributed by atoms with E-state index in [0.717, 1.165) is 22.2 Å². The van der Waals surface area contributed by atoms with E-state index < -0.39 is 16.1 Å². The van der Waals surface area contributed by atoms with Gasteiger partial charge in [-0.05, 0) is 43.0 Å². The fourth-order valence-corrected chi connectivity index (χ4v) is 4.08. The first-order valence-corrected chi connectivity index (χ1v) is 11.4. The van der Waals surface area contributed by atoms with Crippen LogP contribution in [0.3, 0.4) is 0 Å². The van der Waals surface area contributed by atoms with Crippen molar-refractivity contribution in [3.63, 3.8) is 0 Å². The first-order valence-electron chi connectivity index (χ1n) is 7.78. The van der Waals surface area contributed by atoms with Crippen LogP contribution in [0, 0.1) is 6.92 Å². The van der Waals surface area contributed by atoms with Gasteiger partial charge in [-0.15, -0.1) is 11.8 Å². The van der Waals surface area contributed by atoms with Crippen LogP contribution in [-0.2, 0) is 29.7 Å². The van der Waals surface area contributed by atoms with E-state index >= 15 is 0 Å². The largest absolute Gasteiger partial charge is 0.464 e. The summed E-state index contributed by atoms with van der Waals surface area (Å²) in [5.41, 5.74) is 1.63. The number of oxime groups is 1. The summed E-state index contributed by atoms with van der Waals surface area (Å²) in [6.45, 7) is 1.94. The molecule has 0 aliphatic rings. The van der Waals surface area contributed by atoms with Gasteiger partial charge in [-0.3, -0.25) is 4.28 Å². The predicted molar refractivity (Wildman–Crippen MR) is 108 cm³/mol. The minimum atomic E-state index is -4.01. The van der Waals surface area contributed by atoms with Crippen LogP contribution < -0.4 is 0 Å². The summed E-state index contributed by atoms with van der Waals surface area (Å²) >= 11 is 2.47. The lowest BCUT2D eigenvalue weighted by atomic mass is 10.2. The van der Waals surface area contributed by atoms with Crippen molar-refractivity contribution >= 4 is 44.7 Å². The highest BCUT2D eigenvalue weighted by atomic mass is 32.2. The molecule has 27 heavy (non-hydrogen) atoms. The molecule has 0 radical (unpaired) electrons. The van der Waals surface area contributed by atoms with Gasteiger partial charge in [-0.25, -0.2) is 4.79 Å². The molecule has 6 nitrogen and oxygen atoms in total. The molecular weight excluding hydrogens is 406 g/mol. The minimum Gasteiger partial charge on any atom is -0.464 e. The number of aryl methyl sites for hydroxylation is 1. The number of ether oxygens (including phenoxy) is 1. The lowest BCUT2D eigenvalue weighted by Crippen LogP contribution is -2.14. The number of rotatable bonds is 6. The smallest absolute Gasteiger partial charge is 0.367 e. The highest BCUT2D eigenvalue weighted by molar-refractivity contribution is 8.15. The second kappa shape index (κ2) is 9.82. The Bertz CT molecular complexity index is 924. The Kier molecular flexibility index (Phi) is 7.76. The third-order valence-electron chi connectivity index (χ3n) is 3.31. The second-order valence-electron chi connectivity index (χ2n) is 5.43. The predicted octanol–water partition coefficient (Wildman–Crippen LogP) is 3.84. The van der Waals surface area contributed by atoms with E-state index in [1.807, 2.05) is 31.4 Å². The summed E-state index contributed by atoms with van der Waals surface area (Å²) in [5, 5.41) is 3.33. The summed E-state index contributed by atoms with van der Waals surface area (Å²) in [7, 11) is -2.82. The van der Waals surface area contributed by atoms with Gasteiger partial charge in [-0.2, -0.15) is 8.42 Å². The lowest BCUT2D eigenvalue weighted by Gasteiger charge is -2.06. The van der Waals surface area contributed by atoms with Crippen molar-refractivity contribution in [3.8, 4) is 0 Å². The SMILES string of the molecule is COC(=O)C(=NOS(=O)(=O)Cc1cccc(SC)c1)Sc1ccc(C)cc1. The Morgan fingerprint density at radius 3 is 2.44 bits per heavy atom. The van der Waals surface area contributed by atoms with E-state index in [0.29, 0.717) is 10.5 Å². The number of esters is 1. The molecule has 2 aromatic carbocycles. The molecule has 0 atom stereocenters. The van der Waals surface area contributed by atoms with Gasteiger partial charge < -0.3 is 4.74 Å². The molecule has 9 heteroatoms. The molecule has 0 saturated heterocycles. The molecule has 0 saturated carbocycles. The molecule has 0 aliphatic heterocycles. The average Bonchev–Trinajstić information content (AvgIpc) is 2.65. The fourth-order valence-electron chi connectivity index (χ4n) is 1.99. The zero-order valence-electron chi connectivity index (χ0n) is 15.0. The first-order chi connectivity index (χ1) is 12.8. The molecule has 0 N–H and O–H groups in total. The second-order valence-corrected chi connectivity index (χ2v) is 8.93. The Hall–Kier alpha value is -1.97. The highest BCUT2D eigenvalue weighted by Crippen LogP contribution is 2.22. The Morgan fingerprint density at radius 1 is 1.11 bits per heavy atom. The van der Waals surface area contributed by atoms with Crippen LogP contribution >= 0.6 is 23.5 Å². The van der Waals surface area contributed by atoms with E-state index in [1.165, 1.54) is 18.9 Å². The van der Waals surface area contributed by atoms with Gasteiger partial charge in [0, 0.05) is 9.79 Å². The topological polar surface area (TPSA) is 82.0 Å². The first kappa shape index (κ1) is 21.3. The van der Waals surface area contributed by atoms with Gasteiger partial charge in [0.2, 0.25) is 5.04 Å². The van der Waals surface area contributed by atoms with Gasteiger partial charge in [-0.1, -0.05) is 46.7 Å². The normalized spacial score (nSPS) is 11.9. The van der Waals surface area contributed by atoms with Crippen LogP contribution in [0.2, 0.25) is 0 Å². The maximum absolute atomic E-state index is 12.2. The summed E-state index contributed by atoms with van der Waals surface area (Å²) in [6, 6.07) is 14.4. The van der Waals surface area contributed by atoms with Crippen molar-refractivity contribution in [3.05, 3.63) is 59.7 Å². The molecule has 0 amide bonds. The van der Waals surface area contributed by atoms with Crippen molar-refractivity contribution in [2.75, 3.05) is 13.4 Å². The lowest BCUT2D eigenvalue weighted by molar-refractivity contribution is -0.132. The van der Waals surface area contributed by atoms with E-state index in [9.17, 15) is 13.2 Å². The maximum Gasteiger partial charge on any atom is 0.367 e. The standard InChI is InChI=1S/C18H19NO5S3/c1-13-7-9-15(10-8-13)26-17(18(20)23-2)19-24-27(21,22)12-14-5-4-6-16(11-14)25-3/h4-11H,12H2,1-3H3. The van der Waals surface area contributed by atoms with Crippen LogP contribution in [-0.4, -0.2) is 32.8 Å². The van der Waals surface area contributed by atoms with Gasteiger partial charge >= 0.3 is 16.1 Å². The molecule has 0 unspecified atom stereocenters. The highest BCUT2D eigenvalue weighted by Gasteiger charge is 2.19. The summed E-state index contributed by atoms with van der Waals surface area (Å²) < 4.78 is 33.8. The van der Waals surface area contributed by atoms with E-state index in [1.54, 1.807) is 30.3 Å². The van der Waals surface area contributed by atoms with E-state index in [2.05, 4.69) is 9.89 Å². The quantitative estimate of drug-likeness (QED) is 0.229. The van der Waals surface area contributed by atoms with Crippen molar-refractivity contribution < 1.29 is 22.2 Å². The van der Waals surface area contributed by atoms with E-state index in [4.69, 9.17) is 4.28 Å². The van der Waals surface area contributed by atoms with Gasteiger partial charge in [0.15, 0.2) is 0 Å². The van der Waals surface area contributed by atoms with Crippen LogP contribution in [0.15, 0.2) is 63.5 Å². The number of methoxy groups -OCH3 is 1. The van der Waals surface area contributed by atoms with Crippen LogP contribution in [0.4, 0.5) is 0 Å². The minimum absolute atomic E-state index is 0.206. The number of carbonyl (C=O) groups is 1. The summed E-state index contributed by atoms with van der Waals surface area (Å²) in [4.78, 5) is 13.5. The number of hydrogen-bond donors (Lipinski definition) is 0. The zero-order valence-corrected chi connectivity index (χ0v) is 17.5. The molecular formula is C18H19NO5S3. The number of benzene rings is 2. The Labute approximate surface area is 167 Å². The number of hydrogen-bond acceptors (Lipinski definition) is 8. The van der Waals surface area contributed by atoms with Gasteiger partial charge in [0.25, 0.3) is 0 Å². The third kappa shape index (κ3) is 6.93. The van der Waals surface area contributed by atoms with Crippen molar-refractivity contribution in [1.29, 1.82) is 0 Å². The summed E-state index contributed by atoms with van der Waals surface area (Å²) in [5.74, 6) is -1.13. The van der Waals surface area contributed by atoms with E-state index in [-0.39, 0.29) is 10.8 Å². The fraction of sp³-hybridized carbons (Fsp3) is 0.222. The maximum atomic E-state index is 12.2. The molecule has 144 valence electrons. The molecule has 0 aliphatic carbocycles. The van der Waals surface area contributed by atoms with Crippen LogP contribution in [0.5, 0.6) is 0 Å². The molecule has 0 bridgehead atoms. The van der Waals surface area contributed by atoms with Crippen LogP contribution in [0.25, 0.3) is 0 Å². The van der Waals surface area contributed by atoms with Crippen molar-refractivity contribution in [2.24, 2.45) is 5.16 Å². The summed E-state index contributed by atoms with van der Waals surface area (Å²) in [6.07, 6.45) is 1.90. The molecule has 0 heterocycles. The Morgan fingerprint density at radius 2 is 1.81 bits per heavy atom. The average molecular weight is 426 g/mol.